The van der Waals surface area contributed by atoms with Crippen LogP contribution in [0.5, 0.6) is 0 Å². The van der Waals surface area contributed by atoms with Crippen molar-refractivity contribution in [3.8, 4) is 12.1 Å². The number of nitrogens with zero attached hydrogens (tertiary/aromatic N) is 4. The third kappa shape index (κ3) is 4.23. The van der Waals surface area contributed by atoms with Gasteiger partial charge in [-0.05, 0) is 36.1 Å². The monoisotopic (exact) mass is 425 g/mol. The first-order chi connectivity index (χ1) is 14.4. The van der Waals surface area contributed by atoms with E-state index < -0.39 is 23.1 Å². The number of β-amino-alcohol motifs (C(OH)–C–C–N with tert-alkyl or cyclic N) is 1. The summed E-state index contributed by atoms with van der Waals surface area (Å²) in [6.07, 6.45) is 0.451. The number of aliphatic hydroxyl groups excluding tert-OH is 1. The summed E-state index contributed by atoms with van der Waals surface area (Å²) in [7, 11) is 0. The maximum atomic E-state index is 13.3. The number of rotatable bonds is 6. The fourth-order valence-electron chi connectivity index (χ4n) is 3.47. The van der Waals surface area contributed by atoms with Gasteiger partial charge < -0.3 is 15.7 Å². The largest absolute Gasteiger partial charge is 0.391 e. The highest BCUT2D eigenvalue weighted by Gasteiger charge is 2.30. The Morgan fingerprint density at radius 3 is 2.53 bits per heavy atom. The molecule has 1 fully saturated rings. The number of anilines is 1. The topological polar surface area (TPSA) is 127 Å². The summed E-state index contributed by atoms with van der Waals surface area (Å²) in [5, 5.41) is 28.8. The Bertz CT molecular complexity index is 1050. The lowest BCUT2D eigenvalue weighted by molar-refractivity contribution is -0.117. The van der Waals surface area contributed by atoms with E-state index in [1.54, 1.807) is 0 Å². The van der Waals surface area contributed by atoms with Gasteiger partial charge in [0.1, 0.15) is 34.0 Å². The van der Waals surface area contributed by atoms with Crippen LogP contribution in [-0.2, 0) is 11.2 Å². The fourth-order valence-corrected chi connectivity index (χ4v) is 4.53. The number of aliphatic hydroxyl groups is 1. The summed E-state index contributed by atoms with van der Waals surface area (Å²) >= 11 is 1.00. The minimum Gasteiger partial charge on any atom is -0.391 e. The predicted molar refractivity (Wildman–Crippen MR) is 110 cm³/mol. The second kappa shape index (κ2) is 9.12. The molecular weight excluding hydrogens is 405 g/mol. The summed E-state index contributed by atoms with van der Waals surface area (Å²) in [5.41, 5.74) is 7.13. The van der Waals surface area contributed by atoms with Crippen LogP contribution in [0.3, 0.4) is 0 Å². The number of hydrogen-bond acceptors (Lipinski definition) is 7. The Morgan fingerprint density at radius 1 is 1.37 bits per heavy atom. The van der Waals surface area contributed by atoms with Crippen LogP contribution < -0.4 is 10.6 Å². The number of aromatic nitrogens is 1. The molecule has 3 N–H and O–H groups in total. The molecule has 0 spiro atoms. The Balaban J connectivity index is 2.12. The number of nitrogens with two attached hydrogens (primary N) is 1. The molecule has 1 aliphatic heterocycles. The molecule has 2 heterocycles. The smallest absolute Gasteiger partial charge is 0.235 e. The van der Waals surface area contributed by atoms with Gasteiger partial charge in [-0.25, -0.2) is 9.37 Å². The standard InChI is InChI=1S/C21H20FN5O2S/c1-2-15-16(9-23)20(27-8-7-14(28)11-27)26-21(17(15)10-24)30-18(19(25)29)12-3-5-13(22)6-4-12/h3-6,14,18,28H,2,7-8,11H2,1H3,(H2,25,29)/t14-,18-/m0/s1. The van der Waals surface area contributed by atoms with E-state index >= 15 is 0 Å². The van der Waals surface area contributed by atoms with Crippen molar-refractivity contribution >= 4 is 23.5 Å². The van der Waals surface area contributed by atoms with E-state index in [1.165, 1.54) is 24.3 Å². The van der Waals surface area contributed by atoms with Crippen LogP contribution >= 0.6 is 11.8 Å². The lowest BCUT2D eigenvalue weighted by atomic mass is 10.0. The Morgan fingerprint density at radius 2 is 2.03 bits per heavy atom. The highest BCUT2D eigenvalue weighted by molar-refractivity contribution is 8.00. The van der Waals surface area contributed by atoms with E-state index in [9.17, 15) is 24.8 Å². The number of thioether (sulfide) groups is 1. The number of carbonyl (C=O) groups excluding carboxylic acids is 1. The number of hydrogen-bond donors (Lipinski definition) is 2. The molecule has 3 rings (SSSR count). The first kappa shape index (κ1) is 21.6. The molecule has 0 unspecified atom stereocenters. The molecular formula is C21H20FN5O2S. The first-order valence-corrected chi connectivity index (χ1v) is 10.3. The van der Waals surface area contributed by atoms with E-state index in [4.69, 9.17) is 5.73 Å². The van der Waals surface area contributed by atoms with Gasteiger partial charge in [-0.1, -0.05) is 30.8 Å². The molecule has 0 saturated carbocycles. The van der Waals surface area contributed by atoms with Gasteiger partial charge in [-0.15, -0.1) is 0 Å². The number of primary amides is 1. The Labute approximate surface area is 177 Å². The van der Waals surface area contributed by atoms with Crippen molar-refractivity contribution < 1.29 is 14.3 Å². The summed E-state index contributed by atoms with van der Waals surface area (Å²) in [6, 6.07) is 9.65. The van der Waals surface area contributed by atoms with Crippen LogP contribution in [0.4, 0.5) is 10.2 Å². The van der Waals surface area contributed by atoms with E-state index in [2.05, 4.69) is 17.1 Å². The van der Waals surface area contributed by atoms with Crippen molar-refractivity contribution in [2.45, 2.75) is 36.1 Å². The van der Waals surface area contributed by atoms with Crippen LogP contribution in [0, 0.1) is 28.5 Å². The van der Waals surface area contributed by atoms with Crippen LogP contribution in [0.25, 0.3) is 0 Å². The molecule has 1 aromatic carbocycles. The third-order valence-electron chi connectivity index (χ3n) is 4.95. The van der Waals surface area contributed by atoms with Gasteiger partial charge in [0.05, 0.1) is 17.2 Å². The highest BCUT2D eigenvalue weighted by Crippen LogP contribution is 2.40. The normalized spacial score (nSPS) is 16.7. The zero-order valence-corrected chi connectivity index (χ0v) is 17.1. The molecule has 30 heavy (non-hydrogen) atoms. The van der Waals surface area contributed by atoms with Crippen LogP contribution in [0.2, 0.25) is 0 Å². The van der Waals surface area contributed by atoms with Gasteiger partial charge in [0.15, 0.2) is 0 Å². The van der Waals surface area contributed by atoms with E-state index in [-0.39, 0.29) is 10.6 Å². The van der Waals surface area contributed by atoms with Crippen molar-refractivity contribution in [1.82, 2.24) is 4.98 Å². The van der Waals surface area contributed by atoms with Crippen LogP contribution in [-0.4, -0.2) is 35.2 Å². The van der Waals surface area contributed by atoms with Crippen molar-refractivity contribution in [2.75, 3.05) is 18.0 Å². The van der Waals surface area contributed by atoms with E-state index in [1.807, 2.05) is 11.8 Å². The molecule has 2 aromatic rings. The minimum atomic E-state index is -0.889. The molecule has 1 aliphatic rings. The molecule has 1 aromatic heterocycles. The van der Waals surface area contributed by atoms with E-state index in [0.717, 1.165) is 11.8 Å². The quantitative estimate of drug-likeness (QED) is 0.680. The fraction of sp³-hybridized carbons (Fsp3) is 0.333. The number of amides is 1. The SMILES string of the molecule is CCc1c(C#N)c(S[C@H](C(N)=O)c2ccc(F)cc2)nc(N2CC[C@H](O)C2)c1C#N. The zero-order chi connectivity index (χ0) is 21.8. The van der Waals surface area contributed by atoms with Gasteiger partial charge >= 0.3 is 0 Å². The van der Waals surface area contributed by atoms with Crippen molar-refractivity contribution in [3.05, 3.63) is 52.3 Å². The zero-order valence-electron chi connectivity index (χ0n) is 16.3. The number of pyridine rings is 1. The van der Waals surface area contributed by atoms with Crippen molar-refractivity contribution in [2.24, 2.45) is 5.73 Å². The molecule has 9 heteroatoms. The van der Waals surface area contributed by atoms with Crippen molar-refractivity contribution in [3.63, 3.8) is 0 Å². The molecule has 0 bridgehead atoms. The molecule has 1 saturated heterocycles. The molecule has 0 aliphatic carbocycles. The average molecular weight is 425 g/mol. The van der Waals surface area contributed by atoms with Gasteiger partial charge in [0.2, 0.25) is 5.91 Å². The minimum absolute atomic E-state index is 0.218. The lowest BCUT2D eigenvalue weighted by Crippen LogP contribution is -2.25. The van der Waals surface area contributed by atoms with Crippen molar-refractivity contribution in [1.29, 1.82) is 10.5 Å². The second-order valence-electron chi connectivity index (χ2n) is 6.89. The Hall–Kier alpha value is -3.14. The predicted octanol–water partition coefficient (Wildman–Crippen LogP) is 2.42. The van der Waals surface area contributed by atoms with Gasteiger partial charge in [0.25, 0.3) is 0 Å². The number of nitriles is 2. The molecule has 0 radical (unpaired) electrons. The summed E-state index contributed by atoms with van der Waals surface area (Å²) in [4.78, 5) is 18.5. The average Bonchev–Trinajstić information content (AvgIpc) is 3.17. The second-order valence-corrected chi connectivity index (χ2v) is 7.98. The van der Waals surface area contributed by atoms with E-state index in [0.29, 0.717) is 48.4 Å². The number of carbonyl (C=O) groups is 1. The Kier molecular flexibility index (Phi) is 6.56. The molecule has 7 nitrogen and oxygen atoms in total. The van der Waals surface area contributed by atoms with Crippen LogP contribution in [0.15, 0.2) is 29.3 Å². The number of benzene rings is 1. The third-order valence-corrected chi connectivity index (χ3v) is 6.21. The molecule has 1 amide bonds. The van der Waals surface area contributed by atoms with Gasteiger partial charge in [0, 0.05) is 13.1 Å². The lowest BCUT2D eigenvalue weighted by Gasteiger charge is -2.22. The maximum absolute atomic E-state index is 13.3. The molecule has 2 atom stereocenters. The summed E-state index contributed by atoms with van der Waals surface area (Å²) in [6.45, 7) is 2.69. The van der Waals surface area contributed by atoms with Gasteiger partial charge in [-0.2, -0.15) is 10.5 Å². The summed E-state index contributed by atoms with van der Waals surface area (Å²) in [5.74, 6) is -0.711. The van der Waals surface area contributed by atoms with Crippen LogP contribution in [0.1, 0.15) is 40.8 Å². The highest BCUT2D eigenvalue weighted by atomic mass is 32.2. The maximum Gasteiger partial charge on any atom is 0.235 e. The first-order valence-electron chi connectivity index (χ1n) is 9.41. The van der Waals surface area contributed by atoms with Gasteiger partial charge in [-0.3, -0.25) is 4.79 Å². The summed E-state index contributed by atoms with van der Waals surface area (Å²) < 4.78 is 13.3. The number of halogens is 1. The molecule has 154 valence electrons.